The number of aryl methyl sites for hydroxylation is 2. The normalized spacial score (nSPS) is 13.0. The second-order valence-electron chi connectivity index (χ2n) is 8.09. The Labute approximate surface area is 195 Å². The van der Waals surface area contributed by atoms with Gasteiger partial charge in [0.1, 0.15) is 0 Å². The fraction of sp³-hybridized carbons (Fsp3) is 0.214. The van der Waals surface area contributed by atoms with E-state index in [0.717, 1.165) is 19.0 Å². The quantitative estimate of drug-likeness (QED) is 0.250. The molecule has 3 aromatic carbocycles. The van der Waals surface area contributed by atoms with Gasteiger partial charge in [-0.25, -0.2) is 0 Å². The van der Waals surface area contributed by atoms with Crippen molar-refractivity contribution in [3.63, 3.8) is 0 Å². The molecule has 3 heteroatoms. The second kappa shape index (κ2) is 8.91. The molecule has 0 aliphatic heterocycles. The maximum absolute atomic E-state index is 8.31. The Morgan fingerprint density at radius 3 is 1.42 bits per heavy atom. The van der Waals surface area contributed by atoms with Crippen molar-refractivity contribution in [1.82, 2.24) is 0 Å². The number of thiophene rings is 1. The molecule has 0 aliphatic rings. The van der Waals surface area contributed by atoms with Crippen molar-refractivity contribution in [3.8, 4) is 0 Å². The van der Waals surface area contributed by atoms with Gasteiger partial charge < -0.3 is 0 Å². The summed E-state index contributed by atoms with van der Waals surface area (Å²) in [5.74, 6) is -3.29. The predicted octanol–water partition coefficient (Wildman–Crippen LogP) is 7.36. The molecular weight excluding hydrogens is 435 g/mol. The van der Waals surface area contributed by atoms with Gasteiger partial charge in [0.15, 0.2) is 0 Å². The van der Waals surface area contributed by atoms with Crippen molar-refractivity contribution in [2.75, 3.05) is 0 Å². The van der Waals surface area contributed by atoms with Gasteiger partial charge in [0, 0.05) is 0 Å². The van der Waals surface area contributed by atoms with Crippen LogP contribution in [0.4, 0.5) is 0 Å². The molecule has 0 N–H and O–H groups in total. The van der Waals surface area contributed by atoms with Gasteiger partial charge >= 0.3 is 196 Å². The van der Waals surface area contributed by atoms with Crippen LogP contribution in [-0.2, 0) is 19.0 Å². The summed E-state index contributed by atoms with van der Waals surface area (Å²) < 4.78 is 0. The fourth-order valence-corrected chi connectivity index (χ4v) is 12.4. The van der Waals surface area contributed by atoms with E-state index in [9.17, 15) is 0 Å². The van der Waals surface area contributed by atoms with E-state index in [1.807, 2.05) is 11.3 Å². The van der Waals surface area contributed by atoms with Crippen LogP contribution < -0.4 is 15.9 Å². The summed E-state index contributed by atoms with van der Waals surface area (Å²) in [6, 6.07) is 32.5. The molecule has 0 spiro atoms. The van der Waals surface area contributed by atoms with Gasteiger partial charge in [0.2, 0.25) is 0 Å². The first-order valence-electron chi connectivity index (χ1n) is 11.0. The molecule has 4 aromatic rings. The van der Waals surface area contributed by atoms with Gasteiger partial charge in [-0.05, 0) is 0 Å². The SMILES string of the molecule is CCc1sc(C)c(CC)c1CP(Cl)(c1ccccc1)(c1ccccc1)c1ccccc1. The Morgan fingerprint density at radius 2 is 1.06 bits per heavy atom. The zero-order chi connectivity index (χ0) is 21.9. The molecule has 0 fully saturated rings. The van der Waals surface area contributed by atoms with Gasteiger partial charge in [-0.2, -0.15) is 0 Å². The third-order valence-electron chi connectivity index (χ3n) is 6.42. The molecule has 4 rings (SSSR count). The van der Waals surface area contributed by atoms with E-state index in [0.29, 0.717) is 0 Å². The minimum atomic E-state index is -3.29. The van der Waals surface area contributed by atoms with Gasteiger partial charge in [0.05, 0.1) is 0 Å². The molecule has 31 heavy (non-hydrogen) atoms. The van der Waals surface area contributed by atoms with Crippen LogP contribution in [0.25, 0.3) is 0 Å². The first-order chi connectivity index (χ1) is 15.0. The summed E-state index contributed by atoms with van der Waals surface area (Å²) in [7, 11) is 0. The molecule has 0 saturated heterocycles. The van der Waals surface area contributed by atoms with Crippen LogP contribution in [0.2, 0.25) is 0 Å². The monoisotopic (exact) mass is 464 g/mol. The van der Waals surface area contributed by atoms with E-state index in [4.69, 9.17) is 11.2 Å². The van der Waals surface area contributed by atoms with Crippen molar-refractivity contribution >= 4 is 44.4 Å². The average Bonchev–Trinajstić information content (AvgIpc) is 3.14. The molecule has 0 bridgehead atoms. The fourth-order valence-electron chi connectivity index (χ4n) is 4.85. The molecular formula is C28H30ClPS. The van der Waals surface area contributed by atoms with Crippen LogP contribution >= 0.6 is 28.5 Å². The van der Waals surface area contributed by atoms with Crippen LogP contribution in [0, 0.1) is 6.92 Å². The molecule has 0 amide bonds. The average molecular weight is 465 g/mol. The van der Waals surface area contributed by atoms with Crippen molar-refractivity contribution in [3.05, 3.63) is 112 Å². The first-order valence-corrected chi connectivity index (χ1v) is 15.2. The number of hydrogen-bond acceptors (Lipinski definition) is 1. The Bertz CT molecular complexity index is 1050. The summed E-state index contributed by atoms with van der Waals surface area (Å²) >= 11 is 10.3. The summed E-state index contributed by atoms with van der Waals surface area (Å²) in [5.41, 5.74) is 2.95. The van der Waals surface area contributed by atoms with Crippen LogP contribution in [0.1, 0.15) is 34.7 Å². The number of rotatable bonds is 7. The van der Waals surface area contributed by atoms with Crippen LogP contribution in [0.5, 0.6) is 0 Å². The van der Waals surface area contributed by atoms with Crippen LogP contribution in [-0.4, -0.2) is 0 Å². The standard InChI is InChI=1S/C28H30ClPS/c1-4-26-22(3)31-28(5-2)27(26)21-30(29,23-15-9-6-10-16-23,24-17-11-7-12-18-24)25-19-13-8-14-20-25/h6-20H,4-5,21H2,1-3H3. The van der Waals surface area contributed by atoms with E-state index >= 15 is 0 Å². The molecule has 0 saturated carbocycles. The van der Waals surface area contributed by atoms with E-state index in [2.05, 4.69) is 112 Å². The minimum absolute atomic E-state index is 0.849. The Hall–Kier alpha value is -1.92. The van der Waals surface area contributed by atoms with Crippen molar-refractivity contribution < 1.29 is 0 Å². The Balaban J connectivity index is 2.13. The number of hydrogen-bond donors (Lipinski definition) is 0. The molecule has 1 aromatic heterocycles. The van der Waals surface area contributed by atoms with Gasteiger partial charge in [0.25, 0.3) is 0 Å². The summed E-state index contributed by atoms with van der Waals surface area (Å²) in [6.07, 6.45) is 2.93. The van der Waals surface area contributed by atoms with Crippen molar-refractivity contribution in [1.29, 1.82) is 0 Å². The molecule has 0 atom stereocenters. The zero-order valence-electron chi connectivity index (χ0n) is 18.5. The predicted molar refractivity (Wildman–Crippen MR) is 143 cm³/mol. The Morgan fingerprint density at radius 1 is 0.645 bits per heavy atom. The van der Waals surface area contributed by atoms with E-state index in [-0.39, 0.29) is 0 Å². The van der Waals surface area contributed by atoms with E-state index < -0.39 is 5.96 Å². The number of benzene rings is 3. The third kappa shape index (κ3) is 3.68. The van der Waals surface area contributed by atoms with E-state index in [1.54, 1.807) is 0 Å². The third-order valence-corrected chi connectivity index (χ3v) is 14.9. The molecule has 0 nitrogen and oxygen atoms in total. The molecule has 0 unspecified atom stereocenters. The topological polar surface area (TPSA) is 0 Å². The van der Waals surface area contributed by atoms with Crippen molar-refractivity contribution in [2.45, 2.75) is 39.8 Å². The van der Waals surface area contributed by atoms with Gasteiger partial charge in [-0.1, -0.05) is 0 Å². The Kier molecular flexibility index (Phi) is 6.40. The first kappa shape index (κ1) is 22.3. The summed E-state index contributed by atoms with van der Waals surface area (Å²) in [6.45, 7) is 6.81. The van der Waals surface area contributed by atoms with Gasteiger partial charge in [-0.15, -0.1) is 0 Å². The molecule has 0 radical (unpaired) electrons. The summed E-state index contributed by atoms with van der Waals surface area (Å²) in [5, 5.41) is 3.71. The van der Waals surface area contributed by atoms with Crippen molar-refractivity contribution in [2.24, 2.45) is 0 Å². The van der Waals surface area contributed by atoms with Crippen LogP contribution in [0.3, 0.4) is 0 Å². The number of halogens is 1. The van der Waals surface area contributed by atoms with E-state index in [1.165, 1.54) is 36.8 Å². The molecule has 0 aliphatic carbocycles. The van der Waals surface area contributed by atoms with Crippen LogP contribution in [0.15, 0.2) is 91.0 Å². The second-order valence-corrected chi connectivity index (χ2v) is 15.9. The molecule has 1 heterocycles. The maximum atomic E-state index is 8.31. The molecule has 160 valence electrons. The van der Waals surface area contributed by atoms with Gasteiger partial charge in [-0.3, -0.25) is 0 Å². The summed E-state index contributed by atoms with van der Waals surface area (Å²) in [4.78, 5) is 2.91. The zero-order valence-corrected chi connectivity index (χ0v) is 21.0.